The van der Waals surface area contributed by atoms with E-state index in [0.29, 0.717) is 21.5 Å². The predicted molar refractivity (Wildman–Crippen MR) is 216 cm³/mol. The van der Waals surface area contributed by atoms with Crippen LogP contribution in [0.25, 0.3) is 65.0 Å². The normalized spacial score (nSPS) is 15.4. The van der Waals surface area contributed by atoms with Crippen molar-refractivity contribution in [3.05, 3.63) is 162 Å². The zero-order chi connectivity index (χ0) is 39.4. The molecule has 0 bridgehead atoms. The van der Waals surface area contributed by atoms with Crippen LogP contribution in [0, 0.1) is 23.3 Å². The molecule has 0 aliphatic heterocycles. The molecule has 0 amide bonds. The summed E-state index contributed by atoms with van der Waals surface area (Å²) >= 11 is 2.90. The van der Waals surface area contributed by atoms with Gasteiger partial charge in [0.05, 0.1) is 11.1 Å². The number of Topliss-reactive ketones (excluding diaryl/α,β-unsaturated/α-hetero) is 4. The Labute approximate surface area is 328 Å². The maximum Gasteiger partial charge on any atom is 0.197 e. The first-order valence-corrected chi connectivity index (χ1v) is 19.5. The third kappa shape index (κ3) is 4.77. The van der Waals surface area contributed by atoms with E-state index in [4.69, 9.17) is 0 Å². The van der Waals surface area contributed by atoms with Gasteiger partial charge >= 0.3 is 0 Å². The second-order valence-electron chi connectivity index (χ2n) is 15.2. The van der Waals surface area contributed by atoms with Gasteiger partial charge in [-0.05, 0) is 152 Å². The van der Waals surface area contributed by atoms with Crippen LogP contribution in [0.1, 0.15) is 76.2 Å². The van der Waals surface area contributed by atoms with Crippen molar-refractivity contribution in [2.45, 2.75) is 19.3 Å². The molecule has 3 aliphatic rings. The van der Waals surface area contributed by atoms with Crippen molar-refractivity contribution in [1.29, 1.82) is 0 Å². The van der Waals surface area contributed by atoms with Crippen molar-refractivity contribution >= 4 is 99.7 Å². The van der Waals surface area contributed by atoms with E-state index in [1.165, 1.54) is 46.9 Å². The lowest BCUT2D eigenvalue weighted by molar-refractivity contribution is 0.0975. The molecule has 274 valence electrons. The molecule has 2 heterocycles. The van der Waals surface area contributed by atoms with Crippen molar-refractivity contribution in [3.8, 4) is 11.1 Å². The van der Waals surface area contributed by atoms with Crippen molar-refractivity contribution in [2.24, 2.45) is 0 Å². The highest BCUT2D eigenvalue weighted by atomic mass is 32.1. The highest BCUT2D eigenvalue weighted by Gasteiger charge is 2.38. The van der Waals surface area contributed by atoms with E-state index in [-0.39, 0.29) is 38.8 Å². The van der Waals surface area contributed by atoms with Gasteiger partial charge in [-0.15, -0.1) is 22.7 Å². The smallest absolute Gasteiger partial charge is 0.197 e. The average molecular weight is 791 g/mol. The molecule has 11 rings (SSSR count). The minimum atomic E-state index is -1.03. The summed E-state index contributed by atoms with van der Waals surface area (Å²) in [5, 5.41) is 3.26. The largest absolute Gasteiger partial charge is 0.288 e. The maximum absolute atomic E-state index is 13.9. The lowest BCUT2D eigenvalue weighted by Crippen LogP contribution is -2.14. The first kappa shape index (κ1) is 33.9. The van der Waals surface area contributed by atoms with Gasteiger partial charge in [-0.25, -0.2) is 17.6 Å². The van der Waals surface area contributed by atoms with Crippen molar-refractivity contribution < 1.29 is 36.7 Å². The number of carbonyl (C=O) groups excluding carboxylic acids is 4. The highest BCUT2D eigenvalue weighted by molar-refractivity contribution is 7.20. The standard InChI is InChI=1S/C47H22F4O4S2/c1-47(2)35-9-23-3-25(15-33-43(52)29-5-19-11-37(48)38(49)12-20(19)6-30(29)44(33)53)56-41(23)17-27(35)28-18-42-24(10-36(28)47)4-26(57-42)16-34-45(54)31-7-21-13-39(50)40(51)14-22(21)8-32(31)46(34)55/h3-18H,1-2H3. The highest BCUT2D eigenvalue weighted by Crippen LogP contribution is 2.52. The van der Waals surface area contributed by atoms with E-state index >= 15 is 0 Å². The van der Waals surface area contributed by atoms with Gasteiger partial charge in [0.15, 0.2) is 46.4 Å². The van der Waals surface area contributed by atoms with Gasteiger partial charge in [-0.1, -0.05) is 13.8 Å². The lowest BCUT2D eigenvalue weighted by Gasteiger charge is -2.21. The Kier molecular flexibility index (Phi) is 6.77. The number of thiophene rings is 2. The Morgan fingerprint density at radius 2 is 0.719 bits per heavy atom. The molecule has 10 heteroatoms. The molecule has 3 aliphatic carbocycles. The van der Waals surface area contributed by atoms with E-state index in [1.807, 2.05) is 12.1 Å². The summed E-state index contributed by atoms with van der Waals surface area (Å²) < 4.78 is 57.7. The first-order chi connectivity index (χ1) is 27.2. The van der Waals surface area contributed by atoms with Gasteiger partial charge in [0, 0.05) is 46.8 Å². The number of carbonyl (C=O) groups is 4. The van der Waals surface area contributed by atoms with Crippen LogP contribution in [0.4, 0.5) is 17.6 Å². The lowest BCUT2D eigenvalue weighted by atomic mass is 9.82. The fraction of sp³-hybridized carbons (Fsp3) is 0.0638. The molecule has 6 aromatic carbocycles. The van der Waals surface area contributed by atoms with Crippen LogP contribution in [0.3, 0.4) is 0 Å². The summed E-state index contributed by atoms with van der Waals surface area (Å²) in [5.41, 5.74) is 4.65. The Balaban J connectivity index is 0.942. The summed E-state index contributed by atoms with van der Waals surface area (Å²) in [6.45, 7) is 4.31. The number of hydrogen-bond acceptors (Lipinski definition) is 6. The number of rotatable bonds is 2. The number of benzene rings is 6. The number of ketones is 4. The number of hydrogen-bond donors (Lipinski definition) is 0. The van der Waals surface area contributed by atoms with Gasteiger partial charge in [0.1, 0.15) is 0 Å². The van der Waals surface area contributed by atoms with E-state index < -0.39 is 46.4 Å². The summed E-state index contributed by atoms with van der Waals surface area (Å²) in [6.07, 6.45) is 3.19. The predicted octanol–water partition coefficient (Wildman–Crippen LogP) is 12.2. The molecule has 0 saturated carbocycles. The molecule has 57 heavy (non-hydrogen) atoms. The molecule has 8 aromatic rings. The molecule has 0 radical (unpaired) electrons. The molecule has 0 unspecified atom stereocenters. The molecule has 0 saturated heterocycles. The summed E-state index contributed by atoms with van der Waals surface area (Å²) in [7, 11) is 0. The number of halogens is 4. The topological polar surface area (TPSA) is 68.3 Å². The molecule has 2 aromatic heterocycles. The first-order valence-electron chi connectivity index (χ1n) is 17.9. The zero-order valence-electron chi connectivity index (χ0n) is 29.7. The van der Waals surface area contributed by atoms with Gasteiger partial charge in [0.2, 0.25) is 0 Å². The van der Waals surface area contributed by atoms with E-state index in [9.17, 15) is 36.7 Å². The summed E-state index contributed by atoms with van der Waals surface area (Å²) in [4.78, 5) is 55.2. The summed E-state index contributed by atoms with van der Waals surface area (Å²) in [6, 6.07) is 22.3. The van der Waals surface area contributed by atoms with Crippen LogP contribution >= 0.6 is 22.7 Å². The fourth-order valence-electron chi connectivity index (χ4n) is 8.66. The van der Waals surface area contributed by atoms with Gasteiger partial charge in [-0.3, -0.25) is 19.2 Å². The second kappa shape index (κ2) is 11.4. The Hall–Kier alpha value is -6.36. The van der Waals surface area contributed by atoms with Crippen LogP contribution < -0.4 is 0 Å². The second-order valence-corrected chi connectivity index (χ2v) is 17.5. The van der Waals surface area contributed by atoms with Crippen LogP contribution in [-0.4, -0.2) is 23.1 Å². The Bertz CT molecular complexity index is 3050. The summed E-state index contributed by atoms with van der Waals surface area (Å²) in [5.74, 6) is -5.95. The van der Waals surface area contributed by atoms with Crippen LogP contribution in [-0.2, 0) is 5.41 Å². The van der Waals surface area contributed by atoms with Crippen LogP contribution in [0.2, 0.25) is 0 Å². The molecular formula is C47H22F4O4S2. The van der Waals surface area contributed by atoms with E-state index in [2.05, 4.69) is 38.1 Å². The van der Waals surface area contributed by atoms with Crippen molar-refractivity contribution in [2.75, 3.05) is 0 Å². The van der Waals surface area contributed by atoms with Gasteiger partial charge < -0.3 is 0 Å². The minimum absolute atomic E-state index is 0.000902. The van der Waals surface area contributed by atoms with Crippen LogP contribution in [0.15, 0.2) is 96.1 Å². The average Bonchev–Trinajstić information content (AvgIpc) is 3.93. The fourth-order valence-corrected chi connectivity index (χ4v) is 10.7. The van der Waals surface area contributed by atoms with Crippen molar-refractivity contribution in [3.63, 3.8) is 0 Å². The Morgan fingerprint density at radius 1 is 0.404 bits per heavy atom. The van der Waals surface area contributed by atoms with Gasteiger partial charge in [0.25, 0.3) is 0 Å². The van der Waals surface area contributed by atoms with E-state index in [0.717, 1.165) is 76.4 Å². The zero-order valence-corrected chi connectivity index (χ0v) is 31.3. The van der Waals surface area contributed by atoms with Crippen LogP contribution in [0.5, 0.6) is 0 Å². The van der Waals surface area contributed by atoms with Gasteiger partial charge in [-0.2, -0.15) is 0 Å². The molecule has 4 nitrogen and oxygen atoms in total. The molecule has 0 N–H and O–H groups in total. The number of fused-ring (bicyclic) bond motifs is 9. The maximum atomic E-state index is 13.9. The monoisotopic (exact) mass is 790 g/mol. The third-order valence-corrected chi connectivity index (χ3v) is 13.6. The number of allylic oxidation sites excluding steroid dienone is 2. The Morgan fingerprint density at radius 3 is 1.04 bits per heavy atom. The molecular weight excluding hydrogens is 769 g/mol. The quantitative estimate of drug-likeness (QED) is 0.0993. The molecule has 0 spiro atoms. The van der Waals surface area contributed by atoms with E-state index in [1.54, 1.807) is 12.2 Å². The molecule has 0 fully saturated rings. The molecule has 0 atom stereocenters. The van der Waals surface area contributed by atoms with Crippen molar-refractivity contribution in [1.82, 2.24) is 0 Å². The third-order valence-electron chi connectivity index (χ3n) is 11.5. The SMILES string of the molecule is CC1(C)c2cc3cc(C=C4C(=O)c5cc6cc(F)c(F)cc6cc5C4=O)sc3cc2-c2cc3sc(C=C4C(=O)c5cc6cc(F)c(F)cc6cc5C4=O)cc3cc21. The minimum Gasteiger partial charge on any atom is -0.288 e.